The molecule has 5 atom stereocenters. The fourth-order valence-corrected chi connectivity index (χ4v) is 6.22. The van der Waals surface area contributed by atoms with Crippen LogP contribution >= 0.6 is 0 Å². The van der Waals surface area contributed by atoms with Gasteiger partial charge in [-0.2, -0.15) is 0 Å². The molecule has 0 heterocycles. The number of hydrogen-bond donors (Lipinski definition) is 1. The predicted octanol–water partition coefficient (Wildman–Crippen LogP) is 5.29. The van der Waals surface area contributed by atoms with Crippen molar-refractivity contribution >= 4 is 5.97 Å². The summed E-state index contributed by atoms with van der Waals surface area (Å²) in [5.41, 5.74) is 1.37. The van der Waals surface area contributed by atoms with Crippen molar-refractivity contribution < 1.29 is 9.90 Å². The van der Waals surface area contributed by atoms with E-state index in [4.69, 9.17) is 0 Å². The van der Waals surface area contributed by atoms with Crippen molar-refractivity contribution in [3.05, 3.63) is 11.6 Å². The van der Waals surface area contributed by atoms with Crippen molar-refractivity contribution in [3.8, 4) is 0 Å². The Bertz CT molecular complexity index is 492. The highest BCUT2D eigenvalue weighted by molar-refractivity contribution is 5.75. The summed E-state index contributed by atoms with van der Waals surface area (Å²) in [6, 6.07) is 0. The van der Waals surface area contributed by atoms with Gasteiger partial charge in [0.25, 0.3) is 0 Å². The molecule has 3 aliphatic carbocycles. The lowest BCUT2D eigenvalue weighted by atomic mass is 9.44. The Kier molecular flexibility index (Phi) is 3.94. The molecule has 2 heteroatoms. The molecule has 124 valence electrons. The van der Waals surface area contributed by atoms with Crippen molar-refractivity contribution in [2.45, 2.75) is 72.6 Å². The molecule has 3 rings (SSSR count). The van der Waals surface area contributed by atoms with Crippen molar-refractivity contribution in [2.75, 3.05) is 0 Å². The van der Waals surface area contributed by atoms with E-state index in [-0.39, 0.29) is 5.41 Å². The molecule has 2 nitrogen and oxygen atoms in total. The zero-order valence-corrected chi connectivity index (χ0v) is 14.7. The number of fused-ring (bicyclic) bond motifs is 3. The Balaban J connectivity index is 1.92. The number of hydrogen-bond acceptors (Lipinski definition) is 1. The van der Waals surface area contributed by atoms with Crippen LogP contribution in [0.5, 0.6) is 0 Å². The monoisotopic (exact) mass is 304 g/mol. The van der Waals surface area contributed by atoms with Crippen molar-refractivity contribution in [3.63, 3.8) is 0 Å². The van der Waals surface area contributed by atoms with Crippen LogP contribution in [-0.4, -0.2) is 11.1 Å². The maximum Gasteiger partial charge on any atom is 0.309 e. The minimum Gasteiger partial charge on any atom is -0.481 e. The Morgan fingerprint density at radius 3 is 2.59 bits per heavy atom. The van der Waals surface area contributed by atoms with E-state index < -0.39 is 11.4 Å². The van der Waals surface area contributed by atoms with Gasteiger partial charge < -0.3 is 5.11 Å². The first-order valence-corrected chi connectivity index (χ1v) is 9.23. The maximum absolute atomic E-state index is 12.0. The average molecular weight is 304 g/mol. The van der Waals surface area contributed by atoms with Gasteiger partial charge in [0.15, 0.2) is 0 Å². The summed E-state index contributed by atoms with van der Waals surface area (Å²) in [5, 5.41) is 9.85. The van der Waals surface area contributed by atoms with E-state index in [1.54, 1.807) is 5.57 Å². The minimum absolute atomic E-state index is 0.229. The Hall–Kier alpha value is -0.790. The second-order valence-electron chi connectivity index (χ2n) is 8.92. The molecule has 0 aliphatic heterocycles. The third-order valence-electron chi connectivity index (χ3n) is 7.53. The first-order valence-electron chi connectivity index (χ1n) is 9.23. The van der Waals surface area contributed by atoms with E-state index in [9.17, 15) is 9.90 Å². The highest BCUT2D eigenvalue weighted by atomic mass is 16.4. The molecule has 0 unspecified atom stereocenters. The second-order valence-corrected chi connectivity index (χ2v) is 8.92. The van der Waals surface area contributed by atoms with E-state index in [1.165, 1.54) is 25.7 Å². The van der Waals surface area contributed by atoms with E-state index >= 15 is 0 Å². The Morgan fingerprint density at radius 2 is 1.95 bits per heavy atom. The smallest absolute Gasteiger partial charge is 0.309 e. The van der Waals surface area contributed by atoms with Gasteiger partial charge in [-0.1, -0.05) is 38.8 Å². The van der Waals surface area contributed by atoms with Crippen LogP contribution in [0, 0.1) is 34.5 Å². The molecule has 0 amide bonds. The third kappa shape index (κ3) is 2.25. The molecule has 22 heavy (non-hydrogen) atoms. The number of allylic oxidation sites excluding steroid dienone is 2. The van der Waals surface area contributed by atoms with Crippen LogP contribution in [0.1, 0.15) is 72.6 Å². The van der Waals surface area contributed by atoms with Gasteiger partial charge in [0.05, 0.1) is 5.41 Å². The fraction of sp³-hybridized carbons (Fsp3) is 0.850. The molecule has 0 aromatic carbocycles. The van der Waals surface area contributed by atoms with Gasteiger partial charge in [0.2, 0.25) is 0 Å². The highest BCUT2D eigenvalue weighted by Crippen LogP contribution is 2.63. The molecule has 0 aromatic rings. The standard InChI is InChI=1S/C20H32O2/c1-13(2)14-6-8-16-15(12-14)7-9-17-19(16,3)10-5-11-20(17,4)18(21)22/h12-13,15-17H,5-11H2,1-4H3,(H,21,22)/t15-,16-,17+,19+,20+/m0/s1. The van der Waals surface area contributed by atoms with E-state index in [1.807, 2.05) is 6.92 Å². The van der Waals surface area contributed by atoms with Gasteiger partial charge in [0, 0.05) is 0 Å². The Morgan fingerprint density at radius 1 is 1.23 bits per heavy atom. The molecule has 2 saturated carbocycles. The normalized spacial score (nSPS) is 45.0. The largest absolute Gasteiger partial charge is 0.481 e. The number of carboxylic acids is 1. The maximum atomic E-state index is 12.0. The zero-order valence-electron chi connectivity index (χ0n) is 14.7. The van der Waals surface area contributed by atoms with Crippen LogP contribution in [0.25, 0.3) is 0 Å². The molecule has 2 fully saturated rings. The van der Waals surface area contributed by atoms with E-state index in [2.05, 4.69) is 26.8 Å². The molecular formula is C20H32O2. The van der Waals surface area contributed by atoms with Crippen LogP contribution in [0.2, 0.25) is 0 Å². The SMILES string of the molecule is CC(C)C1=C[C@@H]2CC[C@@H]3[C@](C)(CCC[C@@]3(C)C(=O)O)[C@H]2CC1. The highest BCUT2D eigenvalue weighted by Gasteiger charge is 2.58. The van der Waals surface area contributed by atoms with Crippen LogP contribution < -0.4 is 0 Å². The van der Waals surface area contributed by atoms with Gasteiger partial charge >= 0.3 is 5.97 Å². The summed E-state index contributed by atoms with van der Waals surface area (Å²) < 4.78 is 0. The van der Waals surface area contributed by atoms with Crippen LogP contribution in [-0.2, 0) is 4.79 Å². The predicted molar refractivity (Wildman–Crippen MR) is 89.6 cm³/mol. The van der Waals surface area contributed by atoms with Crippen LogP contribution in [0.3, 0.4) is 0 Å². The lowest BCUT2D eigenvalue weighted by Crippen LogP contribution is -2.55. The minimum atomic E-state index is -0.559. The van der Waals surface area contributed by atoms with Crippen molar-refractivity contribution in [2.24, 2.45) is 34.5 Å². The van der Waals surface area contributed by atoms with E-state index in [0.717, 1.165) is 19.3 Å². The van der Waals surface area contributed by atoms with Gasteiger partial charge in [-0.05, 0) is 74.5 Å². The third-order valence-corrected chi connectivity index (χ3v) is 7.53. The molecule has 0 saturated heterocycles. The Labute approximate surface area is 135 Å². The van der Waals surface area contributed by atoms with Gasteiger partial charge in [-0.15, -0.1) is 0 Å². The van der Waals surface area contributed by atoms with Crippen molar-refractivity contribution in [1.82, 2.24) is 0 Å². The topological polar surface area (TPSA) is 37.3 Å². The summed E-state index contributed by atoms with van der Waals surface area (Å²) in [7, 11) is 0. The van der Waals surface area contributed by atoms with E-state index in [0.29, 0.717) is 23.7 Å². The van der Waals surface area contributed by atoms with Gasteiger partial charge in [0.1, 0.15) is 0 Å². The number of aliphatic carboxylic acids is 1. The summed E-state index contributed by atoms with van der Waals surface area (Å²) in [6.45, 7) is 9.06. The average Bonchev–Trinajstić information content (AvgIpc) is 2.46. The lowest BCUT2D eigenvalue weighted by molar-refractivity contribution is -0.169. The zero-order chi connectivity index (χ0) is 16.1. The molecule has 0 aromatic heterocycles. The molecule has 1 N–H and O–H groups in total. The number of rotatable bonds is 2. The molecule has 0 radical (unpaired) electrons. The molecule has 0 bridgehead atoms. The first-order chi connectivity index (χ1) is 10.3. The number of carbonyl (C=O) groups is 1. The summed E-state index contributed by atoms with van der Waals surface area (Å²) in [4.78, 5) is 12.0. The molecular weight excluding hydrogens is 272 g/mol. The quantitative estimate of drug-likeness (QED) is 0.704. The fourth-order valence-electron chi connectivity index (χ4n) is 6.22. The molecule has 3 aliphatic rings. The number of carboxylic acid groups (broad SMARTS) is 1. The lowest BCUT2D eigenvalue weighted by Gasteiger charge is -2.59. The molecule has 0 spiro atoms. The summed E-state index contributed by atoms with van der Waals surface area (Å²) in [6.07, 6.45) is 10.6. The van der Waals surface area contributed by atoms with Crippen LogP contribution in [0.4, 0.5) is 0 Å². The second kappa shape index (κ2) is 5.39. The van der Waals surface area contributed by atoms with Crippen molar-refractivity contribution in [1.29, 1.82) is 0 Å². The summed E-state index contributed by atoms with van der Waals surface area (Å²) in [5.74, 6) is 1.87. The van der Waals surface area contributed by atoms with Crippen LogP contribution in [0.15, 0.2) is 11.6 Å². The first kappa shape index (κ1) is 16.1. The summed E-state index contributed by atoms with van der Waals surface area (Å²) >= 11 is 0. The van der Waals surface area contributed by atoms with Gasteiger partial charge in [-0.25, -0.2) is 0 Å². The van der Waals surface area contributed by atoms with Gasteiger partial charge in [-0.3, -0.25) is 4.79 Å².